The molecule has 1 aromatic carbocycles. The van der Waals surface area contributed by atoms with Crippen molar-refractivity contribution in [3.05, 3.63) is 35.7 Å². The standard InChI is InChI=1S/C10H9F3N6O/c11-10(12,13)6-2-1-3-7(4-6)15-9(20)14-5-8-16-18-19-17-8/h1-4H,5H2,(H2,14,15,20)(H,16,17,18,19). The van der Waals surface area contributed by atoms with Crippen molar-refractivity contribution in [2.45, 2.75) is 12.7 Å². The van der Waals surface area contributed by atoms with E-state index in [1.54, 1.807) is 0 Å². The number of aromatic amines is 1. The van der Waals surface area contributed by atoms with E-state index in [4.69, 9.17) is 0 Å². The average molecular weight is 286 g/mol. The number of carbonyl (C=O) groups excluding carboxylic acids is 1. The van der Waals surface area contributed by atoms with Crippen LogP contribution in [0.2, 0.25) is 0 Å². The number of urea groups is 1. The molecular formula is C10H9F3N6O. The molecule has 1 aromatic heterocycles. The number of alkyl halides is 3. The van der Waals surface area contributed by atoms with Crippen LogP contribution in [-0.4, -0.2) is 26.7 Å². The number of anilines is 1. The molecule has 106 valence electrons. The summed E-state index contributed by atoms with van der Waals surface area (Å²) >= 11 is 0. The summed E-state index contributed by atoms with van der Waals surface area (Å²) in [6.45, 7) is 0.00128. The number of hydrogen-bond acceptors (Lipinski definition) is 4. The SMILES string of the molecule is O=C(NCc1nn[nH]n1)Nc1cccc(C(F)(F)F)c1. The summed E-state index contributed by atoms with van der Waals surface area (Å²) < 4.78 is 37.5. The summed E-state index contributed by atoms with van der Waals surface area (Å²) in [6, 6.07) is 3.64. The van der Waals surface area contributed by atoms with Crippen LogP contribution >= 0.6 is 0 Å². The zero-order valence-corrected chi connectivity index (χ0v) is 9.90. The van der Waals surface area contributed by atoms with E-state index in [1.165, 1.54) is 12.1 Å². The Labute approximate surface area is 110 Å². The second kappa shape index (κ2) is 5.55. The number of halogens is 3. The number of H-pyrrole nitrogens is 1. The van der Waals surface area contributed by atoms with Crippen molar-refractivity contribution in [1.82, 2.24) is 25.9 Å². The Morgan fingerprint density at radius 2 is 2.15 bits per heavy atom. The first-order chi connectivity index (χ1) is 9.45. The molecule has 2 aromatic rings. The van der Waals surface area contributed by atoms with Crippen molar-refractivity contribution in [3.63, 3.8) is 0 Å². The molecule has 0 saturated heterocycles. The van der Waals surface area contributed by atoms with Gasteiger partial charge in [-0.1, -0.05) is 11.3 Å². The van der Waals surface area contributed by atoms with Gasteiger partial charge in [0.15, 0.2) is 5.82 Å². The number of benzene rings is 1. The zero-order valence-electron chi connectivity index (χ0n) is 9.90. The predicted octanol–water partition coefficient (Wildman–Crippen LogP) is 1.54. The van der Waals surface area contributed by atoms with E-state index >= 15 is 0 Å². The molecule has 1 heterocycles. The highest BCUT2D eigenvalue weighted by Gasteiger charge is 2.30. The molecule has 0 spiro atoms. The van der Waals surface area contributed by atoms with Gasteiger partial charge in [0, 0.05) is 5.69 Å². The molecule has 0 bridgehead atoms. The van der Waals surface area contributed by atoms with E-state index in [9.17, 15) is 18.0 Å². The van der Waals surface area contributed by atoms with Gasteiger partial charge in [-0.15, -0.1) is 10.2 Å². The van der Waals surface area contributed by atoms with Crippen LogP contribution in [0.25, 0.3) is 0 Å². The second-order valence-electron chi connectivity index (χ2n) is 3.71. The minimum Gasteiger partial charge on any atom is -0.330 e. The van der Waals surface area contributed by atoms with Crippen molar-refractivity contribution < 1.29 is 18.0 Å². The molecule has 0 aliphatic rings. The Balaban J connectivity index is 1.94. The number of carbonyl (C=O) groups is 1. The van der Waals surface area contributed by atoms with E-state index in [2.05, 4.69) is 31.3 Å². The van der Waals surface area contributed by atoms with Crippen LogP contribution in [0.4, 0.5) is 23.7 Å². The van der Waals surface area contributed by atoms with Gasteiger partial charge in [0.1, 0.15) is 0 Å². The molecule has 3 N–H and O–H groups in total. The zero-order chi connectivity index (χ0) is 14.6. The fourth-order valence-corrected chi connectivity index (χ4v) is 1.37. The first kappa shape index (κ1) is 13.8. The molecular weight excluding hydrogens is 277 g/mol. The Morgan fingerprint density at radius 1 is 1.35 bits per heavy atom. The molecule has 0 unspecified atom stereocenters. The summed E-state index contributed by atoms with van der Waals surface area (Å²) in [7, 11) is 0. The van der Waals surface area contributed by atoms with E-state index in [1.807, 2.05) is 0 Å². The predicted molar refractivity (Wildman–Crippen MR) is 61.5 cm³/mol. The Morgan fingerprint density at radius 3 is 2.80 bits per heavy atom. The van der Waals surface area contributed by atoms with Crippen LogP contribution in [0.3, 0.4) is 0 Å². The number of rotatable bonds is 3. The lowest BCUT2D eigenvalue weighted by Crippen LogP contribution is -2.28. The summed E-state index contributed by atoms with van der Waals surface area (Å²) in [5.74, 6) is 0.254. The molecule has 0 aliphatic carbocycles. The molecule has 0 radical (unpaired) electrons. The Hall–Kier alpha value is -2.65. The normalized spacial score (nSPS) is 11.2. The molecule has 0 fully saturated rings. The number of hydrogen-bond donors (Lipinski definition) is 3. The number of nitrogens with zero attached hydrogens (tertiary/aromatic N) is 3. The maximum Gasteiger partial charge on any atom is 0.416 e. The van der Waals surface area contributed by atoms with Gasteiger partial charge in [0.2, 0.25) is 0 Å². The van der Waals surface area contributed by atoms with E-state index < -0.39 is 17.8 Å². The second-order valence-corrected chi connectivity index (χ2v) is 3.71. The van der Waals surface area contributed by atoms with Gasteiger partial charge in [-0.05, 0) is 18.2 Å². The number of amides is 2. The first-order valence-corrected chi connectivity index (χ1v) is 5.39. The molecule has 10 heteroatoms. The highest BCUT2D eigenvalue weighted by molar-refractivity contribution is 5.89. The van der Waals surface area contributed by atoms with Gasteiger partial charge in [0.25, 0.3) is 0 Å². The van der Waals surface area contributed by atoms with Gasteiger partial charge in [-0.3, -0.25) is 0 Å². The van der Waals surface area contributed by atoms with Crippen molar-refractivity contribution >= 4 is 11.7 Å². The summed E-state index contributed by atoms with van der Waals surface area (Å²) in [6.07, 6.45) is -4.46. The molecule has 20 heavy (non-hydrogen) atoms. The number of aromatic nitrogens is 4. The third-order valence-electron chi connectivity index (χ3n) is 2.24. The van der Waals surface area contributed by atoms with Crippen LogP contribution in [0.1, 0.15) is 11.4 Å². The highest BCUT2D eigenvalue weighted by Crippen LogP contribution is 2.30. The molecule has 0 aliphatic heterocycles. The third-order valence-corrected chi connectivity index (χ3v) is 2.24. The monoisotopic (exact) mass is 286 g/mol. The third kappa shape index (κ3) is 3.67. The van der Waals surface area contributed by atoms with Crippen molar-refractivity contribution in [2.24, 2.45) is 0 Å². The molecule has 7 nitrogen and oxygen atoms in total. The van der Waals surface area contributed by atoms with Crippen molar-refractivity contribution in [1.29, 1.82) is 0 Å². The molecule has 2 rings (SSSR count). The largest absolute Gasteiger partial charge is 0.416 e. The lowest BCUT2D eigenvalue weighted by Gasteiger charge is -2.10. The fourth-order valence-electron chi connectivity index (χ4n) is 1.37. The van der Waals surface area contributed by atoms with Crippen LogP contribution < -0.4 is 10.6 Å². The van der Waals surface area contributed by atoms with Crippen LogP contribution in [0.5, 0.6) is 0 Å². The number of tetrazole rings is 1. The van der Waals surface area contributed by atoms with Gasteiger partial charge in [-0.2, -0.15) is 18.4 Å². The smallest absolute Gasteiger partial charge is 0.330 e. The average Bonchev–Trinajstić information content (AvgIpc) is 2.89. The van der Waals surface area contributed by atoms with Gasteiger partial charge in [-0.25, -0.2) is 4.79 Å². The van der Waals surface area contributed by atoms with Crippen molar-refractivity contribution in [3.8, 4) is 0 Å². The topological polar surface area (TPSA) is 95.6 Å². The van der Waals surface area contributed by atoms with Gasteiger partial charge >= 0.3 is 12.2 Å². The molecule has 0 atom stereocenters. The fraction of sp³-hybridized carbons (Fsp3) is 0.200. The Bertz CT molecular complexity index is 583. The van der Waals surface area contributed by atoms with Crippen molar-refractivity contribution in [2.75, 3.05) is 5.32 Å². The lowest BCUT2D eigenvalue weighted by molar-refractivity contribution is -0.137. The summed E-state index contributed by atoms with van der Waals surface area (Å²) in [4.78, 5) is 11.5. The lowest BCUT2D eigenvalue weighted by atomic mass is 10.2. The van der Waals surface area contributed by atoms with E-state index in [0.717, 1.165) is 12.1 Å². The van der Waals surface area contributed by atoms with E-state index in [0.29, 0.717) is 0 Å². The first-order valence-electron chi connectivity index (χ1n) is 5.39. The van der Waals surface area contributed by atoms with E-state index in [-0.39, 0.29) is 18.1 Å². The Kier molecular flexibility index (Phi) is 3.82. The highest BCUT2D eigenvalue weighted by atomic mass is 19.4. The number of nitrogens with one attached hydrogen (secondary N) is 3. The molecule has 0 saturated carbocycles. The minimum atomic E-state index is -4.46. The maximum absolute atomic E-state index is 12.5. The summed E-state index contributed by atoms with van der Waals surface area (Å²) in [5, 5.41) is 17.4. The quantitative estimate of drug-likeness (QED) is 0.797. The van der Waals surface area contributed by atoms with Crippen LogP contribution in [-0.2, 0) is 12.7 Å². The van der Waals surface area contributed by atoms with Crippen LogP contribution in [0.15, 0.2) is 24.3 Å². The van der Waals surface area contributed by atoms with Gasteiger partial charge in [0.05, 0.1) is 12.1 Å². The maximum atomic E-state index is 12.5. The summed E-state index contributed by atoms with van der Waals surface area (Å²) in [5.41, 5.74) is -0.807. The van der Waals surface area contributed by atoms with Gasteiger partial charge < -0.3 is 10.6 Å². The minimum absolute atomic E-state index is 0.00128. The molecule has 2 amide bonds. The van der Waals surface area contributed by atoms with Crippen LogP contribution in [0, 0.1) is 0 Å².